The molecule has 0 unspecified atom stereocenters. The molecule has 0 aromatic carbocycles. The predicted octanol–water partition coefficient (Wildman–Crippen LogP) is 5.59. The number of carboxylic acids is 1. The molecule has 0 heterocycles. The summed E-state index contributed by atoms with van der Waals surface area (Å²) in [6.07, 6.45) is 14.0. The van der Waals surface area contributed by atoms with Crippen molar-refractivity contribution < 1.29 is 14.4 Å². The van der Waals surface area contributed by atoms with Gasteiger partial charge in [0, 0.05) is 6.42 Å². The zero-order chi connectivity index (χ0) is 20.1. The van der Waals surface area contributed by atoms with Gasteiger partial charge in [-0.15, -0.1) is 0 Å². The van der Waals surface area contributed by atoms with E-state index >= 15 is 0 Å². The number of hydrogen-bond acceptors (Lipinski definition) is 2. The molecule has 0 fully saturated rings. The number of rotatable bonds is 17. The Kier molecular flexibility index (Phi) is 22.0. The summed E-state index contributed by atoms with van der Waals surface area (Å²) < 4.78 is 1.42. The number of nitrogens with two attached hydrogens (primary N) is 1. The van der Waals surface area contributed by atoms with E-state index in [1.807, 2.05) is 0 Å². The van der Waals surface area contributed by atoms with Gasteiger partial charge in [0.05, 0.1) is 26.2 Å². The Hall–Kier alpha value is -0.610. The van der Waals surface area contributed by atoms with E-state index in [0.29, 0.717) is 6.54 Å². The molecule has 0 aromatic heterocycles. The lowest BCUT2D eigenvalue weighted by Gasteiger charge is -2.39. The molecule has 4 heteroatoms. The van der Waals surface area contributed by atoms with E-state index < -0.39 is 5.97 Å². The number of nitrogens with zero attached hydrogens (tertiary/aromatic N) is 1. The maximum Gasteiger partial charge on any atom is 0.303 e. The van der Waals surface area contributed by atoms with Crippen LogP contribution in [0, 0.1) is 0 Å². The van der Waals surface area contributed by atoms with Gasteiger partial charge < -0.3 is 15.3 Å². The zero-order valence-corrected chi connectivity index (χ0v) is 18.4. The molecule has 0 saturated carbocycles. The molecule has 0 radical (unpaired) electrons. The molecule has 0 amide bonds. The summed E-state index contributed by atoms with van der Waals surface area (Å²) in [6.45, 7) is 15.7. The third kappa shape index (κ3) is 18.2. The lowest BCUT2D eigenvalue weighted by Crippen LogP contribution is -2.50. The van der Waals surface area contributed by atoms with Crippen LogP contribution in [0.5, 0.6) is 0 Å². The quantitative estimate of drug-likeness (QED) is 0.258. The van der Waals surface area contributed by atoms with E-state index in [-0.39, 0.29) is 6.42 Å². The van der Waals surface area contributed by atoms with Crippen molar-refractivity contribution in [3.63, 3.8) is 0 Å². The number of hydrogen-bond donors (Lipinski definition) is 2. The van der Waals surface area contributed by atoms with Crippen molar-refractivity contribution in [1.29, 1.82) is 0 Å². The fraction of sp³-hybridized carbons (Fsp3) is 0.955. The second-order valence-corrected chi connectivity index (χ2v) is 7.64. The summed E-state index contributed by atoms with van der Waals surface area (Å²) in [4.78, 5) is 9.93. The standard InChI is InChI=1S/C16H36N.C6H13NO2/c1-5-9-13-17(14-10-6-2,15-11-7-3)16-12-8-4;7-5-3-1-2-4-6(8)9/h5-16H2,1-4H3;1-5,7H2,(H,8,9)/q+1;. The summed E-state index contributed by atoms with van der Waals surface area (Å²) in [6, 6.07) is 0. The minimum atomic E-state index is -0.716. The van der Waals surface area contributed by atoms with Gasteiger partial charge in [-0.2, -0.15) is 0 Å². The first kappa shape index (κ1) is 27.6. The average molecular weight is 374 g/mol. The van der Waals surface area contributed by atoms with Gasteiger partial charge in [-0.25, -0.2) is 0 Å². The first-order chi connectivity index (χ1) is 12.5. The van der Waals surface area contributed by atoms with Crippen LogP contribution in [0.15, 0.2) is 0 Å². The molecule has 3 N–H and O–H groups in total. The average Bonchev–Trinajstić information content (AvgIpc) is 2.64. The van der Waals surface area contributed by atoms with Gasteiger partial charge in [0.15, 0.2) is 0 Å². The summed E-state index contributed by atoms with van der Waals surface area (Å²) in [7, 11) is 0. The molecule has 158 valence electrons. The molecule has 0 bridgehead atoms. The van der Waals surface area contributed by atoms with Crippen LogP contribution in [0.1, 0.15) is 105 Å². The molecular weight excluding hydrogens is 324 g/mol. The van der Waals surface area contributed by atoms with Gasteiger partial charge in [0.1, 0.15) is 0 Å². The maximum atomic E-state index is 9.93. The van der Waals surface area contributed by atoms with E-state index in [1.165, 1.54) is 82.0 Å². The van der Waals surface area contributed by atoms with Gasteiger partial charge in [-0.1, -0.05) is 59.8 Å². The van der Waals surface area contributed by atoms with Crippen molar-refractivity contribution in [2.75, 3.05) is 32.7 Å². The molecule has 0 aliphatic heterocycles. The third-order valence-corrected chi connectivity index (χ3v) is 5.04. The van der Waals surface area contributed by atoms with Crippen LogP contribution in [0.3, 0.4) is 0 Å². The number of carbonyl (C=O) groups is 1. The Morgan fingerprint density at radius 2 is 1.08 bits per heavy atom. The number of unbranched alkanes of at least 4 members (excludes halogenated alkanes) is 6. The minimum absolute atomic E-state index is 0.278. The highest BCUT2D eigenvalue weighted by Gasteiger charge is 2.24. The molecule has 0 atom stereocenters. The monoisotopic (exact) mass is 373 g/mol. The normalized spacial score (nSPS) is 11.1. The van der Waals surface area contributed by atoms with Gasteiger partial charge in [0.25, 0.3) is 0 Å². The van der Waals surface area contributed by atoms with E-state index in [2.05, 4.69) is 27.7 Å². The lowest BCUT2D eigenvalue weighted by atomic mass is 10.1. The van der Waals surface area contributed by atoms with Crippen molar-refractivity contribution in [2.45, 2.75) is 105 Å². The number of carboxylic acid groups (broad SMARTS) is 1. The molecule has 0 aliphatic rings. The van der Waals surface area contributed by atoms with Gasteiger partial charge in [-0.05, 0) is 45.1 Å². The molecule has 0 aliphatic carbocycles. The van der Waals surface area contributed by atoms with Crippen LogP contribution in [-0.4, -0.2) is 48.3 Å². The van der Waals surface area contributed by atoms with Crippen molar-refractivity contribution >= 4 is 5.97 Å². The van der Waals surface area contributed by atoms with Crippen LogP contribution < -0.4 is 5.73 Å². The first-order valence-electron chi connectivity index (χ1n) is 11.3. The molecule has 0 saturated heterocycles. The Labute approximate surface area is 164 Å². The van der Waals surface area contributed by atoms with Crippen molar-refractivity contribution in [2.24, 2.45) is 5.73 Å². The van der Waals surface area contributed by atoms with Crippen molar-refractivity contribution in [1.82, 2.24) is 0 Å². The van der Waals surface area contributed by atoms with E-state index in [9.17, 15) is 4.79 Å². The topological polar surface area (TPSA) is 63.3 Å². The Balaban J connectivity index is 0. The Bertz CT molecular complexity index is 258. The maximum absolute atomic E-state index is 9.93. The summed E-state index contributed by atoms with van der Waals surface area (Å²) >= 11 is 0. The van der Waals surface area contributed by atoms with Gasteiger partial charge in [0.2, 0.25) is 0 Å². The summed E-state index contributed by atoms with van der Waals surface area (Å²) in [5.74, 6) is -0.716. The van der Waals surface area contributed by atoms with Crippen molar-refractivity contribution in [3.05, 3.63) is 0 Å². The molecule has 0 spiro atoms. The number of quaternary nitrogens is 1. The van der Waals surface area contributed by atoms with E-state index in [1.54, 1.807) is 0 Å². The smallest absolute Gasteiger partial charge is 0.303 e. The van der Waals surface area contributed by atoms with Crippen LogP contribution in [0.2, 0.25) is 0 Å². The van der Waals surface area contributed by atoms with Gasteiger partial charge in [-0.3, -0.25) is 4.79 Å². The first-order valence-corrected chi connectivity index (χ1v) is 11.3. The third-order valence-electron chi connectivity index (χ3n) is 5.04. The fourth-order valence-corrected chi connectivity index (χ4v) is 3.24. The second-order valence-electron chi connectivity index (χ2n) is 7.64. The molecular formula is C22H49N2O2+. The highest BCUT2D eigenvalue weighted by Crippen LogP contribution is 2.16. The Morgan fingerprint density at radius 3 is 1.35 bits per heavy atom. The molecule has 26 heavy (non-hydrogen) atoms. The molecule has 0 rings (SSSR count). The lowest BCUT2D eigenvalue weighted by molar-refractivity contribution is -0.929. The van der Waals surface area contributed by atoms with E-state index in [4.69, 9.17) is 10.8 Å². The fourth-order valence-electron chi connectivity index (χ4n) is 3.24. The zero-order valence-electron chi connectivity index (χ0n) is 18.4. The summed E-state index contributed by atoms with van der Waals surface area (Å²) in [5.41, 5.74) is 5.20. The SMILES string of the molecule is CCCC[N+](CCCC)(CCCC)CCCC.NCCCCCC(=O)O. The largest absolute Gasteiger partial charge is 0.481 e. The number of aliphatic carboxylic acids is 1. The van der Waals surface area contributed by atoms with Crippen LogP contribution in [-0.2, 0) is 4.79 Å². The molecule has 0 aromatic rings. The highest BCUT2D eigenvalue weighted by molar-refractivity contribution is 5.66. The summed E-state index contributed by atoms with van der Waals surface area (Å²) in [5, 5.41) is 8.18. The highest BCUT2D eigenvalue weighted by atomic mass is 16.4. The Morgan fingerprint density at radius 1 is 0.692 bits per heavy atom. The predicted molar refractivity (Wildman–Crippen MR) is 115 cm³/mol. The second kappa shape index (κ2) is 20.7. The van der Waals surface area contributed by atoms with Crippen molar-refractivity contribution in [3.8, 4) is 0 Å². The minimum Gasteiger partial charge on any atom is -0.481 e. The van der Waals surface area contributed by atoms with Gasteiger partial charge >= 0.3 is 5.97 Å². The van der Waals surface area contributed by atoms with Crippen LogP contribution >= 0.6 is 0 Å². The van der Waals surface area contributed by atoms with E-state index in [0.717, 1.165) is 19.3 Å². The van der Waals surface area contributed by atoms with Crippen LogP contribution in [0.25, 0.3) is 0 Å². The molecule has 4 nitrogen and oxygen atoms in total. The van der Waals surface area contributed by atoms with Crippen LogP contribution in [0.4, 0.5) is 0 Å².